The van der Waals surface area contributed by atoms with Gasteiger partial charge in [-0.15, -0.1) is 0 Å². The van der Waals surface area contributed by atoms with Crippen LogP contribution >= 0.6 is 0 Å². The van der Waals surface area contributed by atoms with Crippen molar-refractivity contribution in [1.82, 2.24) is 10.2 Å². The molecule has 0 heterocycles. The smallest absolute Gasteiger partial charge is 0.269 e. The third-order valence-corrected chi connectivity index (χ3v) is 8.07. The summed E-state index contributed by atoms with van der Waals surface area (Å²) in [5.41, 5.74) is 1.59. The number of benzene rings is 3. The van der Waals surface area contributed by atoms with E-state index in [1.54, 1.807) is 25.1 Å². The lowest BCUT2D eigenvalue weighted by Gasteiger charge is -2.32. The third-order valence-electron chi connectivity index (χ3n) is 6.28. The molecule has 2 amide bonds. The minimum atomic E-state index is -4.24. The van der Waals surface area contributed by atoms with Crippen molar-refractivity contribution in [2.24, 2.45) is 0 Å². The number of sulfonamides is 1. The molecule has 0 saturated carbocycles. The van der Waals surface area contributed by atoms with Gasteiger partial charge in [0.25, 0.3) is 15.7 Å². The lowest BCUT2D eigenvalue weighted by atomic mass is 10.1. The first-order valence-corrected chi connectivity index (χ1v) is 13.9. The van der Waals surface area contributed by atoms with Crippen molar-refractivity contribution < 1.29 is 22.9 Å². The van der Waals surface area contributed by atoms with Crippen LogP contribution in [-0.2, 0) is 26.2 Å². The number of nitro benzene ring substituents is 1. The molecule has 3 aromatic rings. The topological polar surface area (TPSA) is 130 Å². The minimum absolute atomic E-state index is 0.0460. The van der Waals surface area contributed by atoms with Gasteiger partial charge in [0, 0.05) is 25.2 Å². The van der Waals surface area contributed by atoms with Crippen LogP contribution in [0.5, 0.6) is 0 Å². The van der Waals surface area contributed by atoms with Crippen molar-refractivity contribution in [3.8, 4) is 0 Å². The number of nitrogens with zero attached hydrogens (tertiary/aromatic N) is 3. The number of carbonyl (C=O) groups excluding carboxylic acids is 2. The first kappa shape index (κ1) is 29.3. The van der Waals surface area contributed by atoms with Gasteiger partial charge in [0.05, 0.1) is 15.5 Å². The number of anilines is 1. The molecule has 3 aromatic carbocycles. The van der Waals surface area contributed by atoms with Crippen LogP contribution in [0.2, 0.25) is 0 Å². The van der Waals surface area contributed by atoms with Gasteiger partial charge in [-0.05, 0) is 55.7 Å². The Kier molecular flexibility index (Phi) is 9.78. The molecule has 0 unspecified atom stereocenters. The fourth-order valence-electron chi connectivity index (χ4n) is 3.94. The Bertz CT molecular complexity index is 1410. The number of nitro groups is 1. The molecule has 0 aliphatic heterocycles. The summed E-state index contributed by atoms with van der Waals surface area (Å²) in [6, 6.07) is 19.1. The largest absolute Gasteiger partial charge is 0.354 e. The molecule has 0 aliphatic carbocycles. The van der Waals surface area contributed by atoms with Crippen LogP contribution in [0.15, 0.2) is 83.8 Å². The molecule has 206 valence electrons. The maximum absolute atomic E-state index is 13.8. The SMILES string of the molecule is CCCNC(=O)[C@H](C)N(Cc1ccccc1C)C(=O)CN(c1ccc([N+](=O)[O-])cc1)S(=O)(=O)c1ccccc1. The zero-order valence-electron chi connectivity index (χ0n) is 22.1. The van der Waals surface area contributed by atoms with E-state index in [9.17, 15) is 28.1 Å². The number of non-ortho nitro benzene ring substituents is 1. The number of amides is 2. The predicted octanol–water partition coefficient (Wildman–Crippen LogP) is 4.04. The number of rotatable bonds is 12. The molecular formula is C28H32N4O6S. The molecule has 39 heavy (non-hydrogen) atoms. The maximum atomic E-state index is 13.8. The van der Waals surface area contributed by atoms with Gasteiger partial charge in [0.15, 0.2) is 0 Å². The van der Waals surface area contributed by atoms with Crippen molar-refractivity contribution in [3.63, 3.8) is 0 Å². The third kappa shape index (κ3) is 7.20. The Morgan fingerprint density at radius 2 is 1.59 bits per heavy atom. The first-order chi connectivity index (χ1) is 18.6. The van der Waals surface area contributed by atoms with E-state index >= 15 is 0 Å². The zero-order valence-corrected chi connectivity index (χ0v) is 22.9. The average molecular weight is 553 g/mol. The first-order valence-electron chi connectivity index (χ1n) is 12.5. The highest BCUT2D eigenvalue weighted by molar-refractivity contribution is 7.92. The molecule has 0 radical (unpaired) electrons. The molecule has 10 nitrogen and oxygen atoms in total. The van der Waals surface area contributed by atoms with Crippen molar-refractivity contribution >= 4 is 33.2 Å². The van der Waals surface area contributed by atoms with Crippen molar-refractivity contribution in [2.45, 2.75) is 44.7 Å². The lowest BCUT2D eigenvalue weighted by molar-refractivity contribution is -0.384. The van der Waals surface area contributed by atoms with E-state index < -0.39 is 33.4 Å². The Morgan fingerprint density at radius 3 is 2.18 bits per heavy atom. The molecular weight excluding hydrogens is 520 g/mol. The summed E-state index contributed by atoms with van der Waals surface area (Å²) in [5.74, 6) is -0.957. The summed E-state index contributed by atoms with van der Waals surface area (Å²) in [7, 11) is -4.24. The van der Waals surface area contributed by atoms with E-state index in [4.69, 9.17) is 0 Å². The van der Waals surface area contributed by atoms with Gasteiger partial charge >= 0.3 is 0 Å². The van der Waals surface area contributed by atoms with E-state index in [0.717, 1.165) is 15.4 Å². The molecule has 0 spiro atoms. The van der Waals surface area contributed by atoms with Crippen LogP contribution in [0.4, 0.5) is 11.4 Å². The van der Waals surface area contributed by atoms with Crippen molar-refractivity contribution in [3.05, 3.63) is 100 Å². The van der Waals surface area contributed by atoms with E-state index in [0.29, 0.717) is 13.0 Å². The van der Waals surface area contributed by atoms with Gasteiger partial charge in [-0.3, -0.25) is 24.0 Å². The molecule has 0 bridgehead atoms. The number of hydrogen-bond donors (Lipinski definition) is 1. The molecule has 3 rings (SSSR count). The van der Waals surface area contributed by atoms with Gasteiger partial charge in [0.2, 0.25) is 11.8 Å². The minimum Gasteiger partial charge on any atom is -0.354 e. The predicted molar refractivity (Wildman–Crippen MR) is 149 cm³/mol. The highest BCUT2D eigenvalue weighted by atomic mass is 32.2. The molecule has 1 atom stereocenters. The van der Waals surface area contributed by atoms with Crippen molar-refractivity contribution in [2.75, 3.05) is 17.4 Å². The lowest BCUT2D eigenvalue weighted by Crippen LogP contribution is -2.51. The number of aryl methyl sites for hydroxylation is 1. The molecule has 0 aliphatic rings. The number of nitrogens with one attached hydrogen (secondary N) is 1. The zero-order chi connectivity index (χ0) is 28.6. The van der Waals surface area contributed by atoms with E-state index in [2.05, 4.69) is 5.32 Å². The van der Waals surface area contributed by atoms with Gasteiger partial charge in [0.1, 0.15) is 12.6 Å². The fourth-order valence-corrected chi connectivity index (χ4v) is 5.37. The summed E-state index contributed by atoms with van der Waals surface area (Å²) in [4.78, 5) is 38.6. The number of carbonyl (C=O) groups is 2. The van der Waals surface area contributed by atoms with Crippen LogP contribution in [0.3, 0.4) is 0 Å². The second-order valence-corrected chi connectivity index (χ2v) is 10.9. The average Bonchev–Trinajstić information content (AvgIpc) is 2.94. The van der Waals surface area contributed by atoms with Crippen molar-refractivity contribution in [1.29, 1.82) is 0 Å². The Morgan fingerprint density at radius 1 is 0.974 bits per heavy atom. The Hall–Kier alpha value is -4.25. The summed E-state index contributed by atoms with van der Waals surface area (Å²) in [6.45, 7) is 5.31. The summed E-state index contributed by atoms with van der Waals surface area (Å²) < 4.78 is 28.3. The van der Waals surface area contributed by atoms with Gasteiger partial charge in [-0.25, -0.2) is 8.42 Å². The number of hydrogen-bond acceptors (Lipinski definition) is 6. The van der Waals surface area contributed by atoms with Gasteiger partial charge < -0.3 is 10.2 Å². The normalized spacial score (nSPS) is 11.9. The fraction of sp³-hybridized carbons (Fsp3) is 0.286. The van der Waals surface area contributed by atoms with E-state index in [1.807, 2.05) is 38.1 Å². The van der Waals surface area contributed by atoms with E-state index in [-0.39, 0.29) is 28.7 Å². The van der Waals surface area contributed by atoms with Crippen LogP contribution in [-0.4, -0.2) is 49.2 Å². The van der Waals surface area contributed by atoms with Crippen LogP contribution in [0.1, 0.15) is 31.4 Å². The summed E-state index contributed by atoms with van der Waals surface area (Å²) in [6.07, 6.45) is 0.716. The second-order valence-electron chi connectivity index (χ2n) is 9.01. The molecule has 0 aromatic heterocycles. The van der Waals surface area contributed by atoms with Crippen LogP contribution in [0, 0.1) is 17.0 Å². The van der Waals surface area contributed by atoms with Crippen LogP contribution in [0.25, 0.3) is 0 Å². The summed E-state index contributed by atoms with van der Waals surface area (Å²) >= 11 is 0. The Labute approximate surface area is 228 Å². The molecule has 0 saturated heterocycles. The summed E-state index contributed by atoms with van der Waals surface area (Å²) in [5, 5.41) is 14.0. The maximum Gasteiger partial charge on any atom is 0.269 e. The Balaban J connectivity index is 2.03. The molecule has 1 N–H and O–H groups in total. The monoisotopic (exact) mass is 552 g/mol. The van der Waals surface area contributed by atoms with E-state index in [1.165, 1.54) is 41.3 Å². The highest BCUT2D eigenvalue weighted by Gasteiger charge is 2.32. The van der Waals surface area contributed by atoms with Crippen LogP contribution < -0.4 is 9.62 Å². The van der Waals surface area contributed by atoms with Gasteiger partial charge in [-0.2, -0.15) is 0 Å². The molecule has 0 fully saturated rings. The highest BCUT2D eigenvalue weighted by Crippen LogP contribution is 2.26. The molecule has 11 heteroatoms. The quantitative estimate of drug-likeness (QED) is 0.267. The van der Waals surface area contributed by atoms with Gasteiger partial charge in [-0.1, -0.05) is 49.4 Å². The standard InChI is InChI=1S/C28H32N4O6S/c1-4-18-29-28(34)22(3)30(19-23-11-9-8-10-21(23)2)27(33)20-31(24-14-16-25(17-15-24)32(35)36)39(37,38)26-12-6-5-7-13-26/h5-17,22H,4,18-20H2,1-3H3,(H,29,34)/t22-/m0/s1. The second kappa shape index (κ2) is 13.0.